The second-order valence-corrected chi connectivity index (χ2v) is 4.59. The Labute approximate surface area is 119 Å². The molecule has 1 unspecified atom stereocenters. The second-order valence-electron chi connectivity index (χ2n) is 4.59. The third-order valence-corrected chi connectivity index (χ3v) is 2.99. The Morgan fingerprint density at radius 1 is 1.43 bits per heavy atom. The summed E-state index contributed by atoms with van der Waals surface area (Å²) in [6, 6.07) is 5.79. The monoisotopic (exact) mass is 291 g/mol. The predicted molar refractivity (Wildman–Crippen MR) is 71.7 cm³/mol. The number of aromatic nitrogens is 2. The number of aliphatic carboxylic acids is 1. The molecule has 0 radical (unpaired) electrons. The van der Waals surface area contributed by atoms with Crippen molar-refractivity contribution in [2.24, 2.45) is 0 Å². The number of hydrogen-bond acceptors (Lipinski definition) is 6. The number of hydrogen-bond donors (Lipinski definition) is 1. The molecule has 0 saturated carbocycles. The smallest absolute Gasteiger partial charge is 0.303 e. The first-order valence-electron chi connectivity index (χ1n) is 6.27. The van der Waals surface area contributed by atoms with Gasteiger partial charge in [-0.05, 0) is 18.6 Å². The molecule has 1 heterocycles. The summed E-state index contributed by atoms with van der Waals surface area (Å²) in [5.41, 5.74) is 0.582. The van der Waals surface area contributed by atoms with E-state index in [0.717, 1.165) is 0 Å². The highest BCUT2D eigenvalue weighted by Gasteiger charge is 2.17. The second kappa shape index (κ2) is 6.12. The summed E-state index contributed by atoms with van der Waals surface area (Å²) >= 11 is 0. The number of non-ortho nitro benzene ring substituents is 1. The Morgan fingerprint density at radius 2 is 2.10 bits per heavy atom. The van der Waals surface area contributed by atoms with E-state index in [1.54, 1.807) is 6.92 Å². The number of rotatable bonds is 6. The maximum atomic E-state index is 10.6. The molecule has 0 aliphatic carbocycles. The van der Waals surface area contributed by atoms with E-state index in [-0.39, 0.29) is 18.0 Å². The minimum atomic E-state index is -0.878. The van der Waals surface area contributed by atoms with Gasteiger partial charge in [0.15, 0.2) is 0 Å². The van der Waals surface area contributed by atoms with Crippen LogP contribution >= 0.6 is 0 Å². The van der Waals surface area contributed by atoms with Crippen molar-refractivity contribution in [2.75, 3.05) is 0 Å². The molecule has 1 atom stereocenters. The lowest BCUT2D eigenvalue weighted by Gasteiger charge is -2.02. The van der Waals surface area contributed by atoms with Crippen LogP contribution < -0.4 is 0 Å². The van der Waals surface area contributed by atoms with Crippen LogP contribution in [0, 0.1) is 10.1 Å². The van der Waals surface area contributed by atoms with Crippen molar-refractivity contribution in [3.8, 4) is 11.4 Å². The van der Waals surface area contributed by atoms with Gasteiger partial charge in [-0.15, -0.1) is 0 Å². The van der Waals surface area contributed by atoms with Crippen LogP contribution in [-0.4, -0.2) is 26.1 Å². The molecule has 110 valence electrons. The summed E-state index contributed by atoms with van der Waals surface area (Å²) in [5, 5.41) is 23.0. The number of nitro benzene ring substituents is 1. The molecule has 1 N–H and O–H groups in total. The lowest BCUT2D eigenvalue weighted by molar-refractivity contribution is -0.384. The van der Waals surface area contributed by atoms with Crippen LogP contribution in [0.4, 0.5) is 5.69 Å². The standard InChI is InChI=1S/C13H13N3O5/c1-8(2-7-11(17)18)13-14-12(15-21-13)9-3-5-10(6-4-9)16(19)20/h3-6,8H,2,7H2,1H3,(H,17,18). The van der Waals surface area contributed by atoms with Gasteiger partial charge in [0.2, 0.25) is 11.7 Å². The number of benzene rings is 1. The summed E-state index contributed by atoms with van der Waals surface area (Å²) in [5.74, 6) is -0.371. The van der Waals surface area contributed by atoms with E-state index in [1.165, 1.54) is 24.3 Å². The quantitative estimate of drug-likeness (QED) is 0.641. The van der Waals surface area contributed by atoms with Gasteiger partial charge in [-0.3, -0.25) is 14.9 Å². The van der Waals surface area contributed by atoms with E-state index in [1.807, 2.05) is 0 Å². The molecule has 0 spiro atoms. The zero-order chi connectivity index (χ0) is 15.4. The summed E-state index contributed by atoms with van der Waals surface area (Å²) in [6.07, 6.45) is 0.424. The fraction of sp³-hybridized carbons (Fsp3) is 0.308. The van der Waals surface area contributed by atoms with Crippen molar-refractivity contribution in [3.05, 3.63) is 40.3 Å². The van der Waals surface area contributed by atoms with Crippen LogP contribution in [0.2, 0.25) is 0 Å². The SMILES string of the molecule is CC(CCC(=O)O)c1nc(-c2ccc([N+](=O)[O-])cc2)no1. The maximum Gasteiger partial charge on any atom is 0.303 e. The zero-order valence-electron chi connectivity index (χ0n) is 11.2. The molecular formula is C13H13N3O5. The van der Waals surface area contributed by atoms with Crippen molar-refractivity contribution < 1.29 is 19.3 Å². The van der Waals surface area contributed by atoms with Crippen molar-refractivity contribution >= 4 is 11.7 Å². The Bertz CT molecular complexity index is 650. The maximum absolute atomic E-state index is 10.6. The van der Waals surface area contributed by atoms with Crippen LogP contribution in [0.15, 0.2) is 28.8 Å². The zero-order valence-corrected chi connectivity index (χ0v) is 11.2. The number of carbonyl (C=O) groups is 1. The Hall–Kier alpha value is -2.77. The Kier molecular flexibility index (Phi) is 4.27. The van der Waals surface area contributed by atoms with Crippen LogP contribution in [0.1, 0.15) is 31.6 Å². The summed E-state index contributed by atoms with van der Waals surface area (Å²) in [4.78, 5) is 24.8. The van der Waals surface area contributed by atoms with Crippen molar-refractivity contribution in [2.45, 2.75) is 25.7 Å². The fourth-order valence-electron chi connectivity index (χ4n) is 1.75. The molecule has 2 rings (SSSR count). The summed E-state index contributed by atoms with van der Waals surface area (Å²) in [7, 11) is 0. The molecule has 0 aliphatic rings. The molecule has 1 aromatic carbocycles. The Morgan fingerprint density at radius 3 is 2.67 bits per heavy atom. The van der Waals surface area contributed by atoms with Gasteiger partial charge in [0.1, 0.15) is 0 Å². The van der Waals surface area contributed by atoms with Crippen LogP contribution in [0.5, 0.6) is 0 Å². The van der Waals surface area contributed by atoms with E-state index in [2.05, 4.69) is 10.1 Å². The average Bonchev–Trinajstić information content (AvgIpc) is 2.94. The van der Waals surface area contributed by atoms with E-state index >= 15 is 0 Å². The minimum Gasteiger partial charge on any atom is -0.481 e. The van der Waals surface area contributed by atoms with Crippen LogP contribution in [0.3, 0.4) is 0 Å². The van der Waals surface area contributed by atoms with Gasteiger partial charge in [-0.2, -0.15) is 4.98 Å². The molecule has 8 nitrogen and oxygen atoms in total. The van der Waals surface area contributed by atoms with Crippen LogP contribution in [0.25, 0.3) is 11.4 Å². The number of nitro groups is 1. The van der Waals surface area contributed by atoms with E-state index in [9.17, 15) is 14.9 Å². The number of carboxylic acid groups (broad SMARTS) is 1. The number of carboxylic acids is 1. The largest absolute Gasteiger partial charge is 0.481 e. The van der Waals surface area contributed by atoms with Gasteiger partial charge < -0.3 is 9.63 Å². The first kappa shape index (κ1) is 14.6. The minimum absolute atomic E-state index is 0.0164. The van der Waals surface area contributed by atoms with E-state index < -0.39 is 10.9 Å². The highest BCUT2D eigenvalue weighted by atomic mass is 16.6. The van der Waals surface area contributed by atoms with Gasteiger partial charge in [0, 0.05) is 30.0 Å². The molecule has 0 bridgehead atoms. The number of nitrogens with zero attached hydrogens (tertiary/aromatic N) is 3. The van der Waals surface area contributed by atoms with Crippen molar-refractivity contribution in [1.82, 2.24) is 10.1 Å². The average molecular weight is 291 g/mol. The van der Waals surface area contributed by atoms with E-state index in [4.69, 9.17) is 9.63 Å². The third-order valence-electron chi connectivity index (χ3n) is 2.99. The third kappa shape index (κ3) is 3.62. The van der Waals surface area contributed by atoms with Gasteiger partial charge in [0.25, 0.3) is 5.69 Å². The molecule has 0 saturated heterocycles. The highest BCUT2D eigenvalue weighted by Crippen LogP contribution is 2.24. The molecule has 0 amide bonds. The molecule has 0 aliphatic heterocycles. The topological polar surface area (TPSA) is 119 Å². The molecule has 0 fully saturated rings. The Balaban J connectivity index is 2.11. The van der Waals surface area contributed by atoms with Gasteiger partial charge in [-0.1, -0.05) is 12.1 Å². The van der Waals surface area contributed by atoms with Crippen LogP contribution in [-0.2, 0) is 4.79 Å². The van der Waals surface area contributed by atoms with Gasteiger partial charge in [0.05, 0.1) is 4.92 Å². The summed E-state index contributed by atoms with van der Waals surface area (Å²) in [6.45, 7) is 1.80. The first-order valence-corrected chi connectivity index (χ1v) is 6.27. The fourth-order valence-corrected chi connectivity index (χ4v) is 1.75. The van der Waals surface area contributed by atoms with E-state index in [0.29, 0.717) is 23.7 Å². The van der Waals surface area contributed by atoms with Gasteiger partial charge in [-0.25, -0.2) is 0 Å². The van der Waals surface area contributed by atoms with Crippen molar-refractivity contribution in [3.63, 3.8) is 0 Å². The lowest BCUT2D eigenvalue weighted by Crippen LogP contribution is -2.00. The normalized spacial score (nSPS) is 12.0. The lowest BCUT2D eigenvalue weighted by atomic mass is 10.1. The summed E-state index contributed by atoms with van der Waals surface area (Å²) < 4.78 is 5.10. The van der Waals surface area contributed by atoms with Crippen molar-refractivity contribution in [1.29, 1.82) is 0 Å². The highest BCUT2D eigenvalue weighted by molar-refractivity contribution is 5.66. The molecule has 21 heavy (non-hydrogen) atoms. The first-order chi connectivity index (χ1) is 9.97. The molecule has 2 aromatic rings. The molecular weight excluding hydrogens is 278 g/mol. The molecule has 1 aromatic heterocycles. The molecule has 8 heteroatoms. The predicted octanol–water partition coefficient (Wildman–Crippen LogP) is 2.61. The van der Waals surface area contributed by atoms with Gasteiger partial charge >= 0.3 is 5.97 Å².